The third-order valence-corrected chi connectivity index (χ3v) is 14.0. The number of quaternary nitrogens is 1. The van der Waals surface area contributed by atoms with E-state index >= 15 is 0 Å². The van der Waals surface area contributed by atoms with Crippen LogP contribution in [-0.4, -0.2) is 82.3 Å². The molecule has 0 spiro atoms. The number of likely N-dealkylation sites (N-methyl/N-ethyl adjacent to an activating group) is 1. The molecule has 0 fully saturated rings. The fourth-order valence-corrected chi connectivity index (χ4v) is 9.15. The molecule has 0 N–H and O–H groups in total. The Morgan fingerprint density at radius 1 is 0.408 bits per heavy atom. The zero-order chi connectivity index (χ0) is 55.5. The molecule has 0 radical (unpaired) electrons. The zero-order valence-electron chi connectivity index (χ0n) is 50.4. The highest BCUT2D eigenvalue weighted by molar-refractivity contribution is 5.70. The number of hydrogen-bond donors (Lipinski definition) is 0. The van der Waals surface area contributed by atoms with Crippen LogP contribution in [0.4, 0.5) is 0 Å². The average molecular weight is 1070 g/mol. The van der Waals surface area contributed by atoms with Crippen molar-refractivity contribution in [2.24, 2.45) is 0 Å². The summed E-state index contributed by atoms with van der Waals surface area (Å²) in [6.45, 7) is 4.68. The Morgan fingerprint density at radius 2 is 0.750 bits per heavy atom. The quantitative estimate of drug-likeness (QED) is 0.0195. The Morgan fingerprint density at radius 3 is 1.12 bits per heavy atom. The first kappa shape index (κ1) is 73.0. The minimum Gasteiger partial charge on any atom is -0.545 e. The lowest BCUT2D eigenvalue weighted by Gasteiger charge is -2.26. The Labute approximate surface area is 469 Å². The maximum absolute atomic E-state index is 12.9. The van der Waals surface area contributed by atoms with Crippen molar-refractivity contribution in [1.29, 1.82) is 0 Å². The largest absolute Gasteiger partial charge is 0.545 e. The first-order valence-electron chi connectivity index (χ1n) is 31.9. The molecule has 0 aromatic heterocycles. The van der Waals surface area contributed by atoms with Crippen molar-refractivity contribution in [3.05, 3.63) is 60.8 Å². The summed E-state index contributed by atoms with van der Waals surface area (Å²) in [5.74, 6) is -2.26. The predicted molar refractivity (Wildman–Crippen MR) is 320 cm³/mol. The van der Waals surface area contributed by atoms with Gasteiger partial charge in [-0.2, -0.15) is 0 Å². The highest BCUT2D eigenvalue weighted by Crippen LogP contribution is 2.18. The van der Waals surface area contributed by atoms with Gasteiger partial charge in [0.1, 0.15) is 13.2 Å². The topological polar surface area (TPSA) is 111 Å². The van der Waals surface area contributed by atoms with E-state index in [1.807, 2.05) is 21.1 Å². The highest BCUT2D eigenvalue weighted by Gasteiger charge is 2.22. The van der Waals surface area contributed by atoms with Crippen molar-refractivity contribution in [2.75, 3.05) is 47.5 Å². The van der Waals surface area contributed by atoms with Gasteiger partial charge in [-0.25, -0.2) is 0 Å². The number of carboxylic acids is 1. The lowest BCUT2D eigenvalue weighted by Crippen LogP contribution is -2.44. The van der Waals surface area contributed by atoms with Crippen LogP contribution in [0.2, 0.25) is 0 Å². The summed E-state index contributed by atoms with van der Waals surface area (Å²) in [5, 5.41) is 11.8. The number of hydrogen-bond acceptors (Lipinski definition) is 8. The van der Waals surface area contributed by atoms with Gasteiger partial charge in [0.2, 0.25) is 0 Å². The summed E-state index contributed by atoms with van der Waals surface area (Å²) in [4.78, 5) is 37.4. The van der Waals surface area contributed by atoms with Crippen LogP contribution < -0.4 is 5.11 Å². The SMILES string of the molecule is CC/C=C\C/C=C\C/C=C\C/C=C\C/C=C\CCCCCCCCCCCCCCCCCCCC(=O)OC(COC(=O)CCCCCCCCCCCCCCCCCCCC)COC(OCC[N+](C)(C)C)C(=O)[O-]. The van der Waals surface area contributed by atoms with Crippen LogP contribution in [0.3, 0.4) is 0 Å². The number of ether oxygens (including phenoxy) is 4. The molecular weight excluding hydrogens is 947 g/mol. The van der Waals surface area contributed by atoms with Gasteiger partial charge in [-0.15, -0.1) is 0 Å². The summed E-state index contributed by atoms with van der Waals surface area (Å²) >= 11 is 0. The Bertz CT molecular complexity index is 1430. The van der Waals surface area contributed by atoms with E-state index in [1.54, 1.807) is 0 Å². The first-order chi connectivity index (χ1) is 37.1. The second-order valence-corrected chi connectivity index (χ2v) is 22.7. The lowest BCUT2D eigenvalue weighted by molar-refractivity contribution is -0.870. The summed E-state index contributed by atoms with van der Waals surface area (Å²) in [6, 6.07) is 0. The molecule has 0 bridgehead atoms. The molecule has 442 valence electrons. The molecule has 2 unspecified atom stereocenters. The lowest BCUT2D eigenvalue weighted by atomic mass is 10.0. The summed E-state index contributed by atoms with van der Waals surface area (Å²) < 4.78 is 22.8. The number of carboxylic acid groups (broad SMARTS) is 1. The van der Waals surface area contributed by atoms with Gasteiger partial charge in [-0.05, 0) is 57.8 Å². The van der Waals surface area contributed by atoms with E-state index in [4.69, 9.17) is 18.9 Å². The van der Waals surface area contributed by atoms with Crippen LogP contribution in [0.1, 0.15) is 290 Å². The molecule has 0 aromatic rings. The van der Waals surface area contributed by atoms with Crippen molar-refractivity contribution in [2.45, 2.75) is 302 Å². The van der Waals surface area contributed by atoms with Gasteiger partial charge in [-0.3, -0.25) is 9.59 Å². The fourth-order valence-electron chi connectivity index (χ4n) is 9.15. The first-order valence-corrected chi connectivity index (χ1v) is 31.9. The number of rotatable bonds is 59. The maximum Gasteiger partial charge on any atom is 0.306 e. The molecule has 9 heteroatoms. The van der Waals surface area contributed by atoms with E-state index in [1.165, 1.54) is 193 Å². The highest BCUT2D eigenvalue weighted by atomic mass is 16.7. The average Bonchev–Trinajstić information content (AvgIpc) is 3.39. The van der Waals surface area contributed by atoms with Crippen LogP contribution in [0.5, 0.6) is 0 Å². The van der Waals surface area contributed by atoms with E-state index in [9.17, 15) is 19.5 Å². The molecule has 76 heavy (non-hydrogen) atoms. The van der Waals surface area contributed by atoms with Crippen LogP contribution in [0, 0.1) is 0 Å². The summed E-state index contributed by atoms with van der Waals surface area (Å²) in [5.41, 5.74) is 0. The molecule has 2 atom stereocenters. The molecule has 0 saturated heterocycles. The molecular formula is C67H121NO8. The van der Waals surface area contributed by atoms with E-state index in [2.05, 4.69) is 74.6 Å². The van der Waals surface area contributed by atoms with Crippen LogP contribution in [0.25, 0.3) is 0 Å². The smallest absolute Gasteiger partial charge is 0.306 e. The molecule has 0 saturated carbocycles. The fraction of sp³-hybridized carbons (Fsp3) is 0.806. The molecule has 0 aliphatic heterocycles. The van der Waals surface area contributed by atoms with Crippen molar-refractivity contribution < 1.29 is 42.9 Å². The van der Waals surface area contributed by atoms with Gasteiger partial charge in [0.15, 0.2) is 12.4 Å². The van der Waals surface area contributed by atoms with Gasteiger partial charge in [0.05, 0.1) is 40.3 Å². The molecule has 0 rings (SSSR count). The number of aliphatic carboxylic acids is 1. The number of allylic oxidation sites excluding steroid dienone is 10. The van der Waals surface area contributed by atoms with Crippen molar-refractivity contribution in [1.82, 2.24) is 0 Å². The monoisotopic (exact) mass is 1070 g/mol. The molecule has 9 nitrogen and oxygen atoms in total. The number of carbonyl (C=O) groups excluding carboxylic acids is 3. The van der Waals surface area contributed by atoms with Crippen molar-refractivity contribution >= 4 is 17.9 Å². The number of esters is 2. The Balaban J connectivity index is 4.10. The standard InChI is InChI=1S/C67H121NO8/c1-6-8-10-12-14-16-18-20-22-24-26-27-28-29-30-31-32-33-34-35-36-37-38-39-40-42-44-46-48-50-52-54-56-58-65(70)76-63(62-75-67(66(71)72)73-60-59-68(3,4)5)61-74-64(69)57-55-53-51-49-47-45-43-41-25-23-21-19-17-15-13-11-9-7-2/h8,10,14,16,20,22,26-27,29-30,63,67H,6-7,9,11-13,15,17-19,21,23-25,28,31-62H2,1-5H3/b10-8-,16-14-,22-20-,27-26-,30-29-. The second-order valence-electron chi connectivity index (χ2n) is 22.7. The normalized spacial score (nSPS) is 13.1. The molecule has 0 heterocycles. The number of nitrogens with zero attached hydrogens (tertiary/aromatic N) is 1. The van der Waals surface area contributed by atoms with E-state index in [0.717, 1.165) is 64.2 Å². The van der Waals surface area contributed by atoms with Crippen molar-refractivity contribution in [3.63, 3.8) is 0 Å². The summed E-state index contributed by atoms with van der Waals surface area (Å²) in [7, 11) is 5.93. The van der Waals surface area contributed by atoms with Crippen LogP contribution in [-0.2, 0) is 33.3 Å². The third kappa shape index (κ3) is 58.7. The zero-order valence-corrected chi connectivity index (χ0v) is 50.4. The van der Waals surface area contributed by atoms with Gasteiger partial charge in [0.25, 0.3) is 0 Å². The summed E-state index contributed by atoms with van der Waals surface area (Å²) in [6.07, 6.45) is 71.4. The third-order valence-electron chi connectivity index (χ3n) is 14.0. The van der Waals surface area contributed by atoms with E-state index < -0.39 is 24.3 Å². The van der Waals surface area contributed by atoms with Crippen molar-refractivity contribution in [3.8, 4) is 0 Å². The van der Waals surface area contributed by atoms with Gasteiger partial charge >= 0.3 is 11.9 Å². The van der Waals surface area contributed by atoms with Crippen LogP contribution >= 0.6 is 0 Å². The molecule has 0 aliphatic carbocycles. The van der Waals surface area contributed by atoms with E-state index in [0.29, 0.717) is 23.9 Å². The van der Waals surface area contributed by atoms with Gasteiger partial charge < -0.3 is 33.3 Å². The maximum atomic E-state index is 12.9. The number of carbonyl (C=O) groups is 3. The Hall–Kier alpha value is -3.01. The number of unbranched alkanes of at least 4 members (excludes halogenated alkanes) is 34. The Kier molecular flexibility index (Phi) is 55.8. The second kappa shape index (κ2) is 58.1. The minimum absolute atomic E-state index is 0.149. The minimum atomic E-state index is -1.62. The van der Waals surface area contributed by atoms with E-state index in [-0.39, 0.29) is 32.2 Å². The molecule has 0 amide bonds. The van der Waals surface area contributed by atoms with Gasteiger partial charge in [0, 0.05) is 12.8 Å². The molecule has 0 aromatic carbocycles. The molecule has 0 aliphatic rings. The van der Waals surface area contributed by atoms with Crippen LogP contribution in [0.15, 0.2) is 60.8 Å². The van der Waals surface area contributed by atoms with Gasteiger partial charge in [-0.1, -0.05) is 280 Å². The predicted octanol–water partition coefficient (Wildman–Crippen LogP) is 17.9.